The number of rotatable bonds is 5. The summed E-state index contributed by atoms with van der Waals surface area (Å²) in [5.41, 5.74) is 3.75. The standard InChI is InChI=1S/C13H23N3O/c1-10-13(11(2)15-14-10)5-4-7-16(3)12-6-8-17-9-12/h12H,4-9H2,1-3H3,(H,14,15)/t12-/m0/s1. The predicted octanol–water partition coefficient (Wildman–Crippen LogP) is 1.68. The Morgan fingerprint density at radius 2 is 2.29 bits per heavy atom. The Morgan fingerprint density at radius 1 is 1.47 bits per heavy atom. The van der Waals surface area contributed by atoms with Crippen LogP contribution in [0.1, 0.15) is 29.8 Å². The van der Waals surface area contributed by atoms with Crippen LogP contribution in [-0.2, 0) is 11.2 Å². The summed E-state index contributed by atoms with van der Waals surface area (Å²) in [7, 11) is 2.20. The second-order valence-corrected chi connectivity index (χ2v) is 5.01. The fourth-order valence-corrected chi connectivity index (χ4v) is 2.50. The normalized spacial score (nSPS) is 20.4. The van der Waals surface area contributed by atoms with E-state index in [4.69, 9.17) is 4.74 Å². The van der Waals surface area contributed by atoms with Crippen LogP contribution in [0, 0.1) is 13.8 Å². The molecule has 4 nitrogen and oxygen atoms in total. The lowest BCUT2D eigenvalue weighted by atomic mass is 10.1. The maximum Gasteiger partial charge on any atom is 0.0625 e. The van der Waals surface area contributed by atoms with Crippen LogP contribution in [0.5, 0.6) is 0 Å². The summed E-state index contributed by atoms with van der Waals surface area (Å²) in [5, 5.41) is 7.28. The molecular weight excluding hydrogens is 214 g/mol. The molecule has 0 saturated carbocycles. The number of nitrogens with one attached hydrogen (secondary N) is 1. The smallest absolute Gasteiger partial charge is 0.0625 e. The zero-order valence-corrected chi connectivity index (χ0v) is 11.1. The van der Waals surface area contributed by atoms with Gasteiger partial charge in [-0.2, -0.15) is 5.10 Å². The minimum absolute atomic E-state index is 0.626. The molecule has 1 fully saturated rings. The molecule has 1 aromatic rings. The van der Waals surface area contributed by atoms with Gasteiger partial charge in [0.25, 0.3) is 0 Å². The van der Waals surface area contributed by atoms with E-state index in [0.29, 0.717) is 6.04 Å². The first-order chi connectivity index (χ1) is 8.18. The lowest BCUT2D eigenvalue weighted by Gasteiger charge is -2.22. The summed E-state index contributed by atoms with van der Waals surface area (Å²) in [6.45, 7) is 7.14. The van der Waals surface area contributed by atoms with Crippen LogP contribution in [0.2, 0.25) is 0 Å². The Labute approximate surface area is 103 Å². The molecule has 0 spiro atoms. The lowest BCUT2D eigenvalue weighted by molar-refractivity contribution is 0.158. The highest BCUT2D eigenvalue weighted by Crippen LogP contribution is 2.14. The van der Waals surface area contributed by atoms with Gasteiger partial charge in [-0.15, -0.1) is 0 Å². The van der Waals surface area contributed by atoms with Gasteiger partial charge in [-0.25, -0.2) is 0 Å². The van der Waals surface area contributed by atoms with Crippen LogP contribution in [-0.4, -0.2) is 47.9 Å². The van der Waals surface area contributed by atoms with Crippen LogP contribution in [0.15, 0.2) is 0 Å². The molecule has 0 amide bonds. The molecule has 1 aromatic heterocycles. The van der Waals surface area contributed by atoms with Gasteiger partial charge in [-0.1, -0.05) is 0 Å². The SMILES string of the molecule is Cc1n[nH]c(C)c1CCCN(C)[C@H]1CCOC1. The topological polar surface area (TPSA) is 41.2 Å². The van der Waals surface area contributed by atoms with E-state index in [1.807, 2.05) is 0 Å². The van der Waals surface area contributed by atoms with Gasteiger partial charge in [0.15, 0.2) is 0 Å². The maximum atomic E-state index is 5.41. The zero-order valence-electron chi connectivity index (χ0n) is 11.1. The average Bonchev–Trinajstić information content (AvgIpc) is 2.93. The number of hydrogen-bond acceptors (Lipinski definition) is 3. The van der Waals surface area contributed by atoms with Gasteiger partial charge in [0.1, 0.15) is 0 Å². The van der Waals surface area contributed by atoms with Crippen LogP contribution in [0.4, 0.5) is 0 Å². The van der Waals surface area contributed by atoms with E-state index in [2.05, 4.69) is 36.0 Å². The van der Waals surface area contributed by atoms with Crippen molar-refractivity contribution in [2.24, 2.45) is 0 Å². The summed E-state index contributed by atoms with van der Waals surface area (Å²) in [4.78, 5) is 2.43. The number of aryl methyl sites for hydroxylation is 2. The van der Waals surface area contributed by atoms with Crippen LogP contribution in [0.25, 0.3) is 0 Å². The Hall–Kier alpha value is -0.870. The van der Waals surface area contributed by atoms with E-state index in [0.717, 1.165) is 31.9 Å². The van der Waals surface area contributed by atoms with Crippen molar-refractivity contribution in [2.75, 3.05) is 26.8 Å². The molecule has 0 bridgehead atoms. The molecule has 1 saturated heterocycles. The fraction of sp³-hybridized carbons (Fsp3) is 0.769. The van der Waals surface area contributed by atoms with Crippen LogP contribution in [0.3, 0.4) is 0 Å². The summed E-state index contributed by atoms with van der Waals surface area (Å²) in [5.74, 6) is 0. The van der Waals surface area contributed by atoms with E-state index >= 15 is 0 Å². The third-order valence-corrected chi connectivity index (χ3v) is 3.75. The second kappa shape index (κ2) is 5.65. The average molecular weight is 237 g/mol. The highest BCUT2D eigenvalue weighted by atomic mass is 16.5. The first-order valence-corrected chi connectivity index (χ1v) is 6.47. The monoisotopic (exact) mass is 237 g/mol. The molecule has 1 aliphatic rings. The third kappa shape index (κ3) is 3.07. The van der Waals surface area contributed by atoms with Gasteiger partial charge in [-0.05, 0) is 52.3 Å². The van der Waals surface area contributed by atoms with Gasteiger partial charge >= 0.3 is 0 Å². The molecule has 0 aliphatic carbocycles. The fourth-order valence-electron chi connectivity index (χ4n) is 2.50. The van der Waals surface area contributed by atoms with E-state index in [-0.39, 0.29) is 0 Å². The van der Waals surface area contributed by atoms with Gasteiger partial charge in [0.05, 0.1) is 12.3 Å². The van der Waals surface area contributed by atoms with E-state index < -0.39 is 0 Å². The number of hydrogen-bond donors (Lipinski definition) is 1. The quantitative estimate of drug-likeness (QED) is 0.847. The minimum atomic E-state index is 0.626. The molecule has 96 valence electrons. The van der Waals surface area contributed by atoms with Crippen molar-refractivity contribution in [3.8, 4) is 0 Å². The first kappa shape index (κ1) is 12.6. The Morgan fingerprint density at radius 3 is 2.88 bits per heavy atom. The van der Waals surface area contributed by atoms with Crippen molar-refractivity contribution in [2.45, 2.75) is 39.2 Å². The summed E-state index contributed by atoms with van der Waals surface area (Å²) >= 11 is 0. The van der Waals surface area contributed by atoms with Crippen molar-refractivity contribution in [3.63, 3.8) is 0 Å². The van der Waals surface area contributed by atoms with Crippen molar-refractivity contribution < 1.29 is 4.74 Å². The molecule has 0 unspecified atom stereocenters. The van der Waals surface area contributed by atoms with Gasteiger partial charge in [0, 0.05) is 18.3 Å². The number of likely N-dealkylation sites (N-methyl/N-ethyl adjacent to an activating group) is 1. The molecule has 2 rings (SSSR count). The van der Waals surface area contributed by atoms with Crippen LogP contribution < -0.4 is 0 Å². The molecule has 2 heterocycles. The van der Waals surface area contributed by atoms with Crippen molar-refractivity contribution in [3.05, 3.63) is 17.0 Å². The summed E-state index contributed by atoms with van der Waals surface area (Å²) in [6, 6.07) is 0.626. The van der Waals surface area contributed by atoms with Crippen LogP contribution >= 0.6 is 0 Å². The Balaban J connectivity index is 1.75. The second-order valence-electron chi connectivity index (χ2n) is 5.01. The first-order valence-electron chi connectivity index (χ1n) is 6.47. The molecule has 1 N–H and O–H groups in total. The van der Waals surface area contributed by atoms with Gasteiger partial charge in [0.2, 0.25) is 0 Å². The largest absolute Gasteiger partial charge is 0.380 e. The van der Waals surface area contributed by atoms with Crippen molar-refractivity contribution >= 4 is 0 Å². The molecule has 1 atom stereocenters. The maximum absolute atomic E-state index is 5.41. The number of ether oxygens (including phenoxy) is 1. The van der Waals surface area contributed by atoms with E-state index in [1.165, 1.54) is 24.1 Å². The number of aromatic amines is 1. The molecule has 0 aromatic carbocycles. The Bertz CT molecular complexity index is 336. The molecule has 4 heteroatoms. The molecule has 1 aliphatic heterocycles. The van der Waals surface area contributed by atoms with Gasteiger partial charge in [-0.3, -0.25) is 5.10 Å². The predicted molar refractivity (Wildman–Crippen MR) is 68.2 cm³/mol. The highest BCUT2D eigenvalue weighted by molar-refractivity contribution is 5.23. The Kier molecular flexibility index (Phi) is 4.18. The van der Waals surface area contributed by atoms with Crippen molar-refractivity contribution in [1.82, 2.24) is 15.1 Å². The summed E-state index contributed by atoms with van der Waals surface area (Å²) < 4.78 is 5.41. The number of nitrogens with zero attached hydrogens (tertiary/aromatic N) is 2. The van der Waals surface area contributed by atoms with Gasteiger partial charge < -0.3 is 9.64 Å². The third-order valence-electron chi connectivity index (χ3n) is 3.75. The van der Waals surface area contributed by atoms with E-state index in [9.17, 15) is 0 Å². The minimum Gasteiger partial charge on any atom is -0.380 e. The molecule has 0 radical (unpaired) electrons. The number of H-pyrrole nitrogens is 1. The molecular formula is C13H23N3O. The lowest BCUT2D eigenvalue weighted by Crippen LogP contribution is -2.32. The molecule has 17 heavy (non-hydrogen) atoms. The zero-order chi connectivity index (χ0) is 12.3. The highest BCUT2D eigenvalue weighted by Gasteiger charge is 2.19. The van der Waals surface area contributed by atoms with Crippen molar-refractivity contribution in [1.29, 1.82) is 0 Å². The van der Waals surface area contributed by atoms with E-state index in [1.54, 1.807) is 0 Å². The number of aromatic nitrogens is 2. The summed E-state index contributed by atoms with van der Waals surface area (Å²) in [6.07, 6.45) is 3.49.